The summed E-state index contributed by atoms with van der Waals surface area (Å²) in [5.41, 5.74) is 2.63. The molecule has 0 saturated heterocycles. The fourth-order valence-corrected chi connectivity index (χ4v) is 2.53. The highest BCUT2D eigenvalue weighted by Gasteiger charge is 2.22. The minimum atomic E-state index is -0.297. The van der Waals surface area contributed by atoms with Crippen LogP contribution in [0.3, 0.4) is 0 Å². The number of carbonyl (C=O) groups is 1. The minimum Gasteiger partial charge on any atom is -0.350 e. The number of amides is 1. The van der Waals surface area contributed by atoms with Crippen LogP contribution < -0.4 is 5.32 Å². The van der Waals surface area contributed by atoms with Gasteiger partial charge in [0.15, 0.2) is 5.69 Å². The number of aromatic nitrogens is 4. The van der Waals surface area contributed by atoms with Crippen LogP contribution in [0.25, 0.3) is 16.9 Å². The fourth-order valence-electron chi connectivity index (χ4n) is 2.53. The first kappa shape index (κ1) is 17.7. The van der Waals surface area contributed by atoms with Crippen LogP contribution in [0.1, 0.15) is 29.9 Å². The van der Waals surface area contributed by atoms with Crippen molar-refractivity contribution in [3.63, 3.8) is 0 Å². The molecule has 0 bridgehead atoms. The number of aryl methyl sites for hydroxylation is 1. The van der Waals surface area contributed by atoms with Crippen molar-refractivity contribution >= 4 is 5.91 Å². The molecule has 0 aliphatic carbocycles. The lowest BCUT2D eigenvalue weighted by Gasteiger charge is -2.10. The van der Waals surface area contributed by atoms with E-state index in [9.17, 15) is 9.18 Å². The molecular weight excluding hydrogens is 333 g/mol. The second-order valence-corrected chi connectivity index (χ2v) is 6.47. The summed E-state index contributed by atoms with van der Waals surface area (Å²) >= 11 is 0. The average molecular weight is 353 g/mol. The third-order valence-electron chi connectivity index (χ3n) is 3.90. The number of carbonyl (C=O) groups excluding carboxylic acids is 1. The average Bonchev–Trinajstić information content (AvgIpc) is 3.08. The van der Waals surface area contributed by atoms with Crippen molar-refractivity contribution in [1.82, 2.24) is 25.3 Å². The molecule has 1 N–H and O–H groups in total. The number of hydrogen-bond acceptors (Lipinski definition) is 4. The van der Waals surface area contributed by atoms with Crippen molar-refractivity contribution in [3.05, 3.63) is 59.8 Å². The van der Waals surface area contributed by atoms with Gasteiger partial charge in [-0.05, 0) is 48.7 Å². The second kappa shape index (κ2) is 7.43. The van der Waals surface area contributed by atoms with Crippen LogP contribution in [0.5, 0.6) is 0 Å². The van der Waals surface area contributed by atoms with E-state index in [1.807, 2.05) is 13.8 Å². The van der Waals surface area contributed by atoms with E-state index in [0.717, 1.165) is 5.56 Å². The van der Waals surface area contributed by atoms with Gasteiger partial charge >= 0.3 is 0 Å². The third-order valence-corrected chi connectivity index (χ3v) is 3.90. The van der Waals surface area contributed by atoms with E-state index in [-0.39, 0.29) is 17.4 Å². The molecule has 0 radical (unpaired) electrons. The van der Waals surface area contributed by atoms with Crippen LogP contribution in [-0.4, -0.2) is 32.4 Å². The molecule has 3 aromatic rings. The Hall–Kier alpha value is -3.09. The summed E-state index contributed by atoms with van der Waals surface area (Å²) in [4.78, 5) is 16.6. The molecule has 0 saturated carbocycles. The maximum atomic E-state index is 13.6. The van der Waals surface area contributed by atoms with Gasteiger partial charge in [-0.25, -0.2) is 9.07 Å². The van der Waals surface area contributed by atoms with Crippen molar-refractivity contribution in [2.75, 3.05) is 6.54 Å². The number of nitrogens with zero attached hydrogens (tertiary/aromatic N) is 4. The minimum absolute atomic E-state index is 0.221. The number of halogens is 1. The molecule has 0 unspecified atom stereocenters. The Morgan fingerprint density at radius 3 is 2.62 bits per heavy atom. The van der Waals surface area contributed by atoms with Crippen LogP contribution in [0, 0.1) is 18.7 Å². The summed E-state index contributed by atoms with van der Waals surface area (Å²) in [6, 6.07) is 8.22. The van der Waals surface area contributed by atoms with Gasteiger partial charge in [-0.15, -0.1) is 5.10 Å². The monoisotopic (exact) mass is 353 g/mol. The van der Waals surface area contributed by atoms with Crippen molar-refractivity contribution < 1.29 is 9.18 Å². The number of benzene rings is 1. The van der Waals surface area contributed by atoms with Gasteiger partial charge in [0.2, 0.25) is 0 Å². The smallest absolute Gasteiger partial charge is 0.274 e. The Morgan fingerprint density at radius 1 is 1.23 bits per heavy atom. The van der Waals surface area contributed by atoms with E-state index in [0.29, 0.717) is 29.4 Å². The highest BCUT2D eigenvalue weighted by atomic mass is 19.1. The van der Waals surface area contributed by atoms with Gasteiger partial charge < -0.3 is 5.32 Å². The molecule has 0 aliphatic rings. The zero-order valence-corrected chi connectivity index (χ0v) is 14.9. The van der Waals surface area contributed by atoms with Crippen LogP contribution >= 0.6 is 0 Å². The van der Waals surface area contributed by atoms with Gasteiger partial charge in [0.1, 0.15) is 11.5 Å². The molecule has 1 aromatic carbocycles. The maximum absolute atomic E-state index is 13.6. The van der Waals surface area contributed by atoms with Gasteiger partial charge in [0.25, 0.3) is 5.91 Å². The number of nitrogens with one attached hydrogen (secondary N) is 1. The summed E-state index contributed by atoms with van der Waals surface area (Å²) in [6.45, 7) is 6.25. The lowest BCUT2D eigenvalue weighted by atomic mass is 10.1. The van der Waals surface area contributed by atoms with Gasteiger partial charge in [0, 0.05) is 24.5 Å². The molecule has 1 amide bonds. The summed E-state index contributed by atoms with van der Waals surface area (Å²) < 4.78 is 15.2. The highest BCUT2D eigenvalue weighted by Crippen LogP contribution is 2.25. The first-order valence-electron chi connectivity index (χ1n) is 8.38. The molecule has 26 heavy (non-hydrogen) atoms. The molecule has 3 rings (SSSR count). The summed E-state index contributed by atoms with van der Waals surface area (Å²) in [6.07, 6.45) is 3.27. The van der Waals surface area contributed by atoms with E-state index in [2.05, 4.69) is 20.6 Å². The van der Waals surface area contributed by atoms with E-state index < -0.39 is 0 Å². The fraction of sp³-hybridized carbons (Fsp3) is 0.263. The van der Waals surface area contributed by atoms with Gasteiger partial charge in [-0.2, -0.15) is 0 Å². The van der Waals surface area contributed by atoms with E-state index in [1.54, 1.807) is 48.3 Å². The van der Waals surface area contributed by atoms with Gasteiger partial charge in [-0.1, -0.05) is 19.1 Å². The zero-order chi connectivity index (χ0) is 18.7. The normalized spacial score (nSPS) is 11.0. The van der Waals surface area contributed by atoms with Crippen molar-refractivity contribution in [2.24, 2.45) is 5.92 Å². The Kier molecular flexibility index (Phi) is 5.06. The van der Waals surface area contributed by atoms with Crippen molar-refractivity contribution in [2.45, 2.75) is 20.8 Å². The first-order chi connectivity index (χ1) is 12.5. The predicted molar refractivity (Wildman–Crippen MR) is 96.5 cm³/mol. The van der Waals surface area contributed by atoms with Gasteiger partial charge in [-0.3, -0.25) is 9.78 Å². The molecule has 2 heterocycles. The lowest BCUT2D eigenvalue weighted by Crippen LogP contribution is -2.28. The number of rotatable bonds is 5. The predicted octanol–water partition coefficient (Wildman–Crippen LogP) is 3.16. The summed E-state index contributed by atoms with van der Waals surface area (Å²) in [5, 5.41) is 11.1. The van der Waals surface area contributed by atoms with Crippen LogP contribution in [0.4, 0.5) is 4.39 Å². The first-order valence-corrected chi connectivity index (χ1v) is 8.38. The Morgan fingerprint density at radius 2 is 1.96 bits per heavy atom. The third kappa shape index (κ3) is 3.61. The molecule has 2 aromatic heterocycles. The van der Waals surface area contributed by atoms with Crippen molar-refractivity contribution in [1.29, 1.82) is 0 Å². The molecule has 134 valence electrons. The molecule has 6 nitrogen and oxygen atoms in total. The molecule has 0 atom stereocenters. The zero-order valence-electron chi connectivity index (χ0n) is 14.9. The molecule has 0 aliphatic heterocycles. The largest absolute Gasteiger partial charge is 0.350 e. The SMILES string of the molecule is Cc1cc(-n2nnc(C(=O)NCC(C)C)c2-c2ccncc2)ccc1F. The maximum Gasteiger partial charge on any atom is 0.274 e. The van der Waals surface area contributed by atoms with Crippen LogP contribution in [0.2, 0.25) is 0 Å². The van der Waals surface area contributed by atoms with Gasteiger partial charge in [0.05, 0.1) is 5.69 Å². The van der Waals surface area contributed by atoms with Crippen molar-refractivity contribution in [3.8, 4) is 16.9 Å². The molecule has 0 fully saturated rings. The number of hydrogen-bond donors (Lipinski definition) is 1. The van der Waals surface area contributed by atoms with Crippen LogP contribution in [-0.2, 0) is 0 Å². The standard InChI is InChI=1S/C19H20FN5O/c1-12(2)11-22-19(26)17-18(14-6-8-21-9-7-14)25(24-23-17)15-4-5-16(20)13(3)10-15/h4-10,12H,11H2,1-3H3,(H,22,26). The number of pyridine rings is 1. The Balaban J connectivity index is 2.10. The highest BCUT2D eigenvalue weighted by molar-refractivity contribution is 5.98. The molecule has 7 heteroatoms. The quantitative estimate of drug-likeness (QED) is 0.765. The summed E-state index contributed by atoms with van der Waals surface area (Å²) in [7, 11) is 0. The molecule has 0 spiro atoms. The van der Waals surface area contributed by atoms with E-state index in [4.69, 9.17) is 0 Å². The lowest BCUT2D eigenvalue weighted by molar-refractivity contribution is 0.0944. The Bertz CT molecular complexity index is 921. The molecular formula is C19H20FN5O. The topological polar surface area (TPSA) is 72.7 Å². The van der Waals surface area contributed by atoms with Crippen LogP contribution in [0.15, 0.2) is 42.7 Å². The second-order valence-electron chi connectivity index (χ2n) is 6.47. The van der Waals surface area contributed by atoms with E-state index >= 15 is 0 Å². The Labute approximate surface area is 151 Å². The summed E-state index contributed by atoms with van der Waals surface area (Å²) in [5.74, 6) is -0.275. The van der Waals surface area contributed by atoms with E-state index in [1.165, 1.54) is 6.07 Å².